The number of hydrogen-bond donors (Lipinski definition) is 3. The summed E-state index contributed by atoms with van der Waals surface area (Å²) < 4.78 is 0. The molecule has 0 saturated carbocycles. The van der Waals surface area contributed by atoms with Gasteiger partial charge in [-0.05, 0) is 6.42 Å². The summed E-state index contributed by atoms with van der Waals surface area (Å²) in [6.45, 7) is 1.93. The van der Waals surface area contributed by atoms with E-state index in [4.69, 9.17) is 14.7 Å². The van der Waals surface area contributed by atoms with Crippen molar-refractivity contribution in [3.63, 3.8) is 0 Å². The van der Waals surface area contributed by atoms with Crippen molar-refractivity contribution in [1.82, 2.24) is 0 Å². The molecule has 0 saturated heterocycles. The van der Waals surface area contributed by atoms with Gasteiger partial charge in [-0.15, -0.1) is 0 Å². The zero-order valence-corrected chi connectivity index (χ0v) is 7.65. The van der Waals surface area contributed by atoms with Crippen LogP contribution in [0.4, 0.5) is 0 Å². The Morgan fingerprint density at radius 3 is 1.78 bits per heavy atom. The monoisotopic (exact) mass is 190 g/mol. The van der Waals surface area contributed by atoms with E-state index in [1.165, 1.54) is 0 Å². The Morgan fingerprint density at radius 1 is 1.22 bits per heavy atom. The molecule has 0 aromatic rings. The zero-order chi connectivity index (χ0) is 6.62. The van der Waals surface area contributed by atoms with E-state index in [1.807, 2.05) is 6.92 Å². The molecule has 0 fully saturated rings. The molecule has 0 heterocycles. The minimum Gasteiger partial charge on any atom is -0.193 e. The van der Waals surface area contributed by atoms with Gasteiger partial charge >= 0.3 is 7.94 Å². The second kappa shape index (κ2) is 5.66. The molecule has 0 bridgehead atoms. The van der Waals surface area contributed by atoms with Gasteiger partial charge in [-0.1, -0.05) is 13.3 Å². The van der Waals surface area contributed by atoms with E-state index in [9.17, 15) is 0 Å². The van der Waals surface area contributed by atoms with Gasteiger partial charge in [0.1, 0.15) is 6.16 Å². The average molecular weight is 190 g/mol. The number of unbranched alkanes of at least 4 members (excludes halogenated alkanes) is 1. The Hall–Kier alpha value is 0.894. The minimum absolute atomic E-state index is 0. The maximum absolute atomic E-state index is 8.37. The van der Waals surface area contributed by atoms with Crippen LogP contribution in [0, 0.1) is 0 Å². The fourth-order valence-corrected chi connectivity index (χ4v) is 1.11. The van der Waals surface area contributed by atoms with Crippen molar-refractivity contribution < 1.29 is 33.2 Å². The molecular formula is C4H12O3PV+. The molecule has 0 aliphatic heterocycles. The Bertz CT molecular complexity index is 63.3. The minimum atomic E-state index is -3.43. The third-order valence-corrected chi connectivity index (χ3v) is 1.73. The first-order valence-corrected chi connectivity index (χ1v) is 4.46. The second-order valence-electron chi connectivity index (χ2n) is 1.77. The van der Waals surface area contributed by atoms with Gasteiger partial charge in [0.15, 0.2) is 0 Å². The fourth-order valence-electron chi connectivity index (χ4n) is 0.370. The van der Waals surface area contributed by atoms with Crippen molar-refractivity contribution >= 4 is 7.94 Å². The van der Waals surface area contributed by atoms with Crippen molar-refractivity contribution in [3.05, 3.63) is 0 Å². The van der Waals surface area contributed by atoms with E-state index in [0.29, 0.717) is 6.42 Å². The molecule has 1 radical (unpaired) electrons. The number of rotatable bonds is 3. The van der Waals surface area contributed by atoms with Crippen LogP contribution in [0.3, 0.4) is 0 Å². The summed E-state index contributed by atoms with van der Waals surface area (Å²) in [6.07, 6.45) is 1.70. The number of hydrogen-bond acceptors (Lipinski definition) is 3. The van der Waals surface area contributed by atoms with Gasteiger partial charge in [0.25, 0.3) is 0 Å². The predicted molar refractivity (Wildman–Crippen MR) is 33.4 cm³/mol. The standard InChI is InChI=1S/C4H12O3P.V/c1-2-3-4-8(5,6)7;/h5-7H,2-4H2,1H3;/q+1;. The van der Waals surface area contributed by atoms with E-state index >= 15 is 0 Å². The van der Waals surface area contributed by atoms with E-state index < -0.39 is 7.94 Å². The van der Waals surface area contributed by atoms with E-state index in [0.717, 1.165) is 6.42 Å². The molecule has 0 aliphatic rings. The van der Waals surface area contributed by atoms with Gasteiger partial charge in [-0.3, -0.25) is 0 Å². The molecule has 0 aromatic heterocycles. The van der Waals surface area contributed by atoms with Crippen LogP contribution in [0.5, 0.6) is 0 Å². The van der Waals surface area contributed by atoms with E-state index in [1.54, 1.807) is 0 Å². The maximum atomic E-state index is 8.37. The molecule has 0 atom stereocenters. The van der Waals surface area contributed by atoms with Gasteiger partial charge in [0.05, 0.1) is 0 Å². The topological polar surface area (TPSA) is 60.7 Å². The first-order chi connectivity index (χ1) is 3.56. The first kappa shape index (κ1) is 12.6. The van der Waals surface area contributed by atoms with Crippen LogP contribution in [0.2, 0.25) is 0 Å². The van der Waals surface area contributed by atoms with Gasteiger partial charge < -0.3 is 0 Å². The zero-order valence-electron chi connectivity index (χ0n) is 5.36. The molecule has 0 amide bonds. The molecular weight excluding hydrogens is 178 g/mol. The SMILES string of the molecule is CCCC[P+](O)(O)O.[V]. The Labute approximate surface area is 67.6 Å². The molecule has 55 valence electrons. The molecule has 0 aromatic carbocycles. The Morgan fingerprint density at radius 2 is 1.67 bits per heavy atom. The summed E-state index contributed by atoms with van der Waals surface area (Å²) in [5.74, 6) is 0. The Balaban J connectivity index is 0. The molecule has 3 N–H and O–H groups in total. The summed E-state index contributed by atoms with van der Waals surface area (Å²) in [7, 11) is -3.43. The normalized spacial score (nSPS) is 10.7. The van der Waals surface area contributed by atoms with Crippen molar-refractivity contribution in [3.8, 4) is 0 Å². The van der Waals surface area contributed by atoms with Crippen LogP contribution >= 0.6 is 7.94 Å². The summed E-state index contributed by atoms with van der Waals surface area (Å²) in [6, 6.07) is 0. The van der Waals surface area contributed by atoms with Crippen LogP contribution in [0.25, 0.3) is 0 Å². The summed E-state index contributed by atoms with van der Waals surface area (Å²) in [5.41, 5.74) is 0. The van der Waals surface area contributed by atoms with Crippen LogP contribution in [0.1, 0.15) is 19.8 Å². The van der Waals surface area contributed by atoms with Crippen molar-refractivity contribution in [2.45, 2.75) is 19.8 Å². The first-order valence-electron chi connectivity index (χ1n) is 2.62. The van der Waals surface area contributed by atoms with E-state index in [-0.39, 0.29) is 24.7 Å². The van der Waals surface area contributed by atoms with Crippen molar-refractivity contribution in [2.24, 2.45) is 0 Å². The molecule has 0 aliphatic carbocycles. The smallest absolute Gasteiger partial charge is 0.193 e. The third-order valence-electron chi connectivity index (χ3n) is 0.812. The van der Waals surface area contributed by atoms with Crippen LogP contribution in [0.15, 0.2) is 0 Å². The molecule has 3 nitrogen and oxygen atoms in total. The van der Waals surface area contributed by atoms with Crippen LogP contribution < -0.4 is 0 Å². The maximum Gasteiger partial charge on any atom is 0.403 e. The van der Waals surface area contributed by atoms with Gasteiger partial charge in [0.2, 0.25) is 0 Å². The third kappa shape index (κ3) is 12.2. The van der Waals surface area contributed by atoms with E-state index in [2.05, 4.69) is 0 Å². The average Bonchev–Trinajstić information content (AvgIpc) is 1.59. The van der Waals surface area contributed by atoms with Gasteiger partial charge in [0, 0.05) is 18.6 Å². The van der Waals surface area contributed by atoms with Crippen LogP contribution in [-0.4, -0.2) is 20.8 Å². The fraction of sp³-hybridized carbons (Fsp3) is 1.00. The quantitative estimate of drug-likeness (QED) is 0.568. The summed E-state index contributed by atoms with van der Waals surface area (Å²) in [4.78, 5) is 25.1. The van der Waals surface area contributed by atoms with Gasteiger partial charge in [-0.2, -0.15) is 14.7 Å². The van der Waals surface area contributed by atoms with Gasteiger partial charge in [-0.25, -0.2) is 0 Å². The Kier molecular flexibility index (Phi) is 7.90. The molecule has 0 rings (SSSR count). The molecule has 9 heavy (non-hydrogen) atoms. The van der Waals surface area contributed by atoms with Crippen LogP contribution in [-0.2, 0) is 18.6 Å². The molecule has 0 spiro atoms. The van der Waals surface area contributed by atoms with Crippen molar-refractivity contribution in [1.29, 1.82) is 0 Å². The summed E-state index contributed by atoms with van der Waals surface area (Å²) in [5, 5.41) is 0. The second-order valence-corrected chi connectivity index (χ2v) is 3.60. The predicted octanol–water partition coefficient (Wildman–Crippen LogP) is 0.523. The van der Waals surface area contributed by atoms with Crippen molar-refractivity contribution in [2.75, 3.05) is 6.16 Å². The largest absolute Gasteiger partial charge is 0.403 e. The molecule has 5 heteroatoms. The molecule has 0 unspecified atom stereocenters. The summed E-state index contributed by atoms with van der Waals surface area (Å²) >= 11 is 0.